The molecule has 1 atom stereocenters. The van der Waals surface area contributed by atoms with Crippen LogP contribution < -0.4 is 15.4 Å². The summed E-state index contributed by atoms with van der Waals surface area (Å²) in [5.41, 5.74) is 3.60. The van der Waals surface area contributed by atoms with E-state index in [4.69, 9.17) is 4.74 Å². The molecule has 0 unspecified atom stereocenters. The Morgan fingerprint density at radius 1 is 1.00 bits per heavy atom. The Labute approximate surface area is 157 Å². The Kier molecular flexibility index (Phi) is 7.67. The predicted octanol–water partition coefficient (Wildman–Crippen LogP) is 3.86. The lowest BCUT2D eigenvalue weighted by atomic mass is 9.95. The van der Waals surface area contributed by atoms with Crippen molar-refractivity contribution >= 4 is 5.91 Å². The Morgan fingerprint density at radius 3 is 2.15 bits per heavy atom. The number of aryl methyl sites for hydroxylation is 1. The smallest absolute Gasteiger partial charge is 0.234 e. The monoisotopic (exact) mass is 354 g/mol. The van der Waals surface area contributed by atoms with Gasteiger partial charge in [-0.3, -0.25) is 4.79 Å². The third-order valence-electron chi connectivity index (χ3n) is 4.55. The van der Waals surface area contributed by atoms with E-state index in [1.807, 2.05) is 24.3 Å². The van der Waals surface area contributed by atoms with Crippen LogP contribution in [-0.2, 0) is 17.8 Å². The topological polar surface area (TPSA) is 50.4 Å². The highest BCUT2D eigenvalue weighted by Crippen LogP contribution is 2.22. The fourth-order valence-corrected chi connectivity index (χ4v) is 2.91. The number of hydrogen-bond acceptors (Lipinski definition) is 3. The summed E-state index contributed by atoms with van der Waals surface area (Å²) in [5.74, 6) is 1.21. The van der Waals surface area contributed by atoms with Gasteiger partial charge in [-0.2, -0.15) is 0 Å². The molecule has 0 bridgehead atoms. The van der Waals surface area contributed by atoms with Crippen molar-refractivity contribution in [3.8, 4) is 5.75 Å². The number of carbonyl (C=O) groups excluding carboxylic acids is 1. The van der Waals surface area contributed by atoms with Crippen LogP contribution in [0.5, 0.6) is 5.75 Å². The molecule has 0 saturated heterocycles. The van der Waals surface area contributed by atoms with E-state index in [0.29, 0.717) is 19.0 Å². The lowest BCUT2D eigenvalue weighted by Crippen LogP contribution is -2.37. The minimum atomic E-state index is -0.00311. The summed E-state index contributed by atoms with van der Waals surface area (Å²) in [6, 6.07) is 16.5. The van der Waals surface area contributed by atoms with Gasteiger partial charge in [-0.1, -0.05) is 57.2 Å². The molecule has 0 fully saturated rings. The lowest BCUT2D eigenvalue weighted by Gasteiger charge is -2.23. The van der Waals surface area contributed by atoms with E-state index in [1.54, 1.807) is 7.11 Å². The summed E-state index contributed by atoms with van der Waals surface area (Å²) in [5, 5.41) is 6.35. The average molecular weight is 354 g/mol. The first-order chi connectivity index (χ1) is 12.5. The highest BCUT2D eigenvalue weighted by atomic mass is 16.5. The van der Waals surface area contributed by atoms with Crippen LogP contribution in [0.2, 0.25) is 0 Å². The molecule has 0 aromatic heterocycles. The third-order valence-corrected chi connectivity index (χ3v) is 4.55. The number of ether oxygens (including phenoxy) is 1. The Morgan fingerprint density at radius 2 is 1.62 bits per heavy atom. The summed E-state index contributed by atoms with van der Waals surface area (Å²) in [7, 11) is 1.64. The van der Waals surface area contributed by atoms with E-state index in [-0.39, 0.29) is 11.9 Å². The first kappa shape index (κ1) is 20.0. The van der Waals surface area contributed by atoms with Crippen LogP contribution in [0, 0.1) is 5.92 Å². The zero-order chi connectivity index (χ0) is 18.9. The maximum absolute atomic E-state index is 12.2. The SMILES string of the molecule is CCc1ccc([C@H](NCC(=O)NCc2ccc(OC)cc2)C(C)C)cc1. The highest BCUT2D eigenvalue weighted by Gasteiger charge is 2.16. The molecule has 0 aliphatic heterocycles. The summed E-state index contributed by atoms with van der Waals surface area (Å²) >= 11 is 0. The van der Waals surface area contributed by atoms with Gasteiger partial charge >= 0.3 is 0 Å². The summed E-state index contributed by atoms with van der Waals surface area (Å²) in [6.07, 6.45) is 1.04. The Hall–Kier alpha value is -2.33. The minimum absolute atomic E-state index is 0.00311. The maximum atomic E-state index is 12.2. The number of nitrogens with one attached hydrogen (secondary N) is 2. The summed E-state index contributed by atoms with van der Waals surface area (Å²) in [6.45, 7) is 7.30. The fraction of sp³-hybridized carbons (Fsp3) is 0.409. The molecule has 0 radical (unpaired) electrons. The molecule has 2 aromatic rings. The van der Waals surface area contributed by atoms with E-state index < -0.39 is 0 Å². The van der Waals surface area contributed by atoms with Crippen LogP contribution in [-0.4, -0.2) is 19.6 Å². The Bertz CT molecular complexity index is 678. The number of amides is 1. The van der Waals surface area contributed by atoms with Gasteiger partial charge in [0.25, 0.3) is 0 Å². The molecule has 0 heterocycles. The zero-order valence-corrected chi connectivity index (χ0v) is 16.2. The molecular weight excluding hydrogens is 324 g/mol. The molecule has 2 rings (SSSR count). The largest absolute Gasteiger partial charge is 0.497 e. The minimum Gasteiger partial charge on any atom is -0.497 e. The van der Waals surface area contributed by atoms with Crippen molar-refractivity contribution in [2.45, 2.75) is 39.8 Å². The quantitative estimate of drug-likeness (QED) is 0.719. The molecule has 0 aliphatic rings. The summed E-state index contributed by atoms with van der Waals surface area (Å²) < 4.78 is 5.14. The van der Waals surface area contributed by atoms with Gasteiger partial charge < -0.3 is 15.4 Å². The molecule has 0 aliphatic carbocycles. The van der Waals surface area contributed by atoms with E-state index in [9.17, 15) is 4.79 Å². The molecule has 140 valence electrons. The molecular formula is C22H30N2O2. The molecule has 1 amide bonds. The van der Waals surface area contributed by atoms with Crippen LogP contribution in [0.3, 0.4) is 0 Å². The van der Waals surface area contributed by atoms with Gasteiger partial charge in [0.15, 0.2) is 0 Å². The number of hydrogen-bond donors (Lipinski definition) is 2. The third kappa shape index (κ3) is 5.88. The van der Waals surface area contributed by atoms with Gasteiger partial charge in [-0.15, -0.1) is 0 Å². The van der Waals surface area contributed by atoms with Gasteiger partial charge in [0.1, 0.15) is 5.75 Å². The highest BCUT2D eigenvalue weighted by molar-refractivity contribution is 5.78. The van der Waals surface area contributed by atoms with E-state index in [1.165, 1.54) is 11.1 Å². The first-order valence-corrected chi connectivity index (χ1v) is 9.25. The van der Waals surface area contributed by atoms with Crippen LogP contribution >= 0.6 is 0 Å². The van der Waals surface area contributed by atoms with Crippen LogP contribution in [0.25, 0.3) is 0 Å². The zero-order valence-electron chi connectivity index (χ0n) is 16.2. The number of carbonyl (C=O) groups is 1. The molecule has 2 N–H and O–H groups in total. The fourth-order valence-electron chi connectivity index (χ4n) is 2.91. The number of methoxy groups -OCH3 is 1. The number of benzene rings is 2. The molecule has 2 aromatic carbocycles. The molecule has 0 saturated carbocycles. The molecule has 26 heavy (non-hydrogen) atoms. The Balaban J connectivity index is 1.86. The van der Waals surface area contributed by atoms with Crippen molar-refractivity contribution in [1.82, 2.24) is 10.6 Å². The average Bonchev–Trinajstić information content (AvgIpc) is 2.67. The lowest BCUT2D eigenvalue weighted by molar-refractivity contribution is -0.120. The second-order valence-electron chi connectivity index (χ2n) is 6.82. The van der Waals surface area contributed by atoms with Crippen molar-refractivity contribution < 1.29 is 9.53 Å². The molecule has 4 heteroatoms. The normalized spacial score (nSPS) is 12.0. The van der Waals surface area contributed by atoms with Gasteiger partial charge in [0.2, 0.25) is 5.91 Å². The van der Waals surface area contributed by atoms with Gasteiger partial charge in [-0.25, -0.2) is 0 Å². The number of rotatable bonds is 9. The van der Waals surface area contributed by atoms with Gasteiger partial charge in [-0.05, 0) is 41.2 Å². The van der Waals surface area contributed by atoms with Crippen molar-refractivity contribution in [2.24, 2.45) is 5.92 Å². The predicted molar refractivity (Wildman–Crippen MR) is 106 cm³/mol. The molecule has 4 nitrogen and oxygen atoms in total. The van der Waals surface area contributed by atoms with Crippen molar-refractivity contribution in [3.63, 3.8) is 0 Å². The second kappa shape index (κ2) is 9.97. The van der Waals surface area contributed by atoms with E-state index >= 15 is 0 Å². The van der Waals surface area contributed by atoms with Crippen LogP contribution in [0.1, 0.15) is 43.5 Å². The van der Waals surface area contributed by atoms with E-state index in [2.05, 4.69) is 55.7 Å². The van der Waals surface area contributed by atoms with Gasteiger partial charge in [0.05, 0.1) is 13.7 Å². The molecule has 0 spiro atoms. The maximum Gasteiger partial charge on any atom is 0.234 e. The van der Waals surface area contributed by atoms with Gasteiger partial charge in [0, 0.05) is 12.6 Å². The first-order valence-electron chi connectivity index (χ1n) is 9.25. The van der Waals surface area contributed by atoms with Crippen LogP contribution in [0.4, 0.5) is 0 Å². The standard InChI is InChI=1S/C22H30N2O2/c1-5-17-6-10-19(11-7-17)22(16(2)3)24-15-21(25)23-14-18-8-12-20(26-4)13-9-18/h6-13,16,22,24H,5,14-15H2,1-4H3,(H,23,25)/t22-/m1/s1. The van der Waals surface area contributed by atoms with Crippen LogP contribution in [0.15, 0.2) is 48.5 Å². The van der Waals surface area contributed by atoms with E-state index in [0.717, 1.165) is 17.7 Å². The second-order valence-corrected chi connectivity index (χ2v) is 6.82. The van der Waals surface area contributed by atoms with Crippen molar-refractivity contribution in [3.05, 3.63) is 65.2 Å². The van der Waals surface area contributed by atoms with Crippen molar-refractivity contribution in [2.75, 3.05) is 13.7 Å². The summed E-state index contributed by atoms with van der Waals surface area (Å²) in [4.78, 5) is 12.2. The van der Waals surface area contributed by atoms with Crippen molar-refractivity contribution in [1.29, 1.82) is 0 Å².